The molecule has 4 heteroatoms. The lowest BCUT2D eigenvalue weighted by molar-refractivity contribution is -0.0312. The molecule has 1 rings (SSSR count). The molecule has 0 amide bonds. The molecule has 27 heavy (non-hydrogen) atoms. The number of unbranched alkanes of at least 4 members (excludes halogenated alkanes) is 10. The first-order valence-corrected chi connectivity index (χ1v) is 11.8. The highest BCUT2D eigenvalue weighted by atomic mass is 16.5. The SMILES string of the molecule is CCCCCCCCCCCCCC1CCOCCOCCCOCCO1. The van der Waals surface area contributed by atoms with Crippen LogP contribution in [0.4, 0.5) is 0 Å². The summed E-state index contributed by atoms with van der Waals surface area (Å²) in [6.07, 6.45) is 18.7. The second kappa shape index (κ2) is 20.6. The van der Waals surface area contributed by atoms with Crippen LogP contribution < -0.4 is 0 Å². The van der Waals surface area contributed by atoms with Crippen LogP contribution in [0.3, 0.4) is 0 Å². The van der Waals surface area contributed by atoms with Gasteiger partial charge in [0, 0.05) is 19.8 Å². The Kier molecular flexibility index (Phi) is 19.0. The molecule has 4 nitrogen and oxygen atoms in total. The third-order valence-electron chi connectivity index (χ3n) is 5.24. The van der Waals surface area contributed by atoms with E-state index in [0.717, 1.165) is 39.1 Å². The van der Waals surface area contributed by atoms with Crippen molar-refractivity contribution in [1.29, 1.82) is 0 Å². The van der Waals surface area contributed by atoms with E-state index >= 15 is 0 Å². The summed E-state index contributed by atoms with van der Waals surface area (Å²) in [5.74, 6) is 0. The number of hydrogen-bond donors (Lipinski definition) is 0. The predicted molar refractivity (Wildman–Crippen MR) is 113 cm³/mol. The van der Waals surface area contributed by atoms with Gasteiger partial charge in [0.2, 0.25) is 0 Å². The minimum Gasteiger partial charge on any atom is -0.379 e. The zero-order chi connectivity index (χ0) is 19.3. The second-order valence-electron chi connectivity index (χ2n) is 7.80. The number of ether oxygens (including phenoxy) is 4. The molecule has 1 fully saturated rings. The smallest absolute Gasteiger partial charge is 0.0704 e. The van der Waals surface area contributed by atoms with Crippen molar-refractivity contribution in [1.82, 2.24) is 0 Å². The molecule has 1 atom stereocenters. The Morgan fingerprint density at radius 1 is 0.556 bits per heavy atom. The summed E-state index contributed by atoms with van der Waals surface area (Å²) < 4.78 is 22.8. The summed E-state index contributed by atoms with van der Waals surface area (Å²) in [5, 5.41) is 0. The number of rotatable bonds is 12. The predicted octanol–water partition coefficient (Wildman–Crippen LogP) is 5.92. The first kappa shape index (κ1) is 24.9. The van der Waals surface area contributed by atoms with Gasteiger partial charge in [0.25, 0.3) is 0 Å². The molecular formula is C23H46O4. The van der Waals surface area contributed by atoms with Gasteiger partial charge in [0.1, 0.15) is 0 Å². The summed E-state index contributed by atoms with van der Waals surface area (Å²) in [5.41, 5.74) is 0. The van der Waals surface area contributed by atoms with Gasteiger partial charge < -0.3 is 18.9 Å². The zero-order valence-corrected chi connectivity index (χ0v) is 18.1. The molecule has 1 unspecified atom stereocenters. The lowest BCUT2D eigenvalue weighted by Crippen LogP contribution is -2.20. The number of hydrogen-bond acceptors (Lipinski definition) is 4. The lowest BCUT2D eigenvalue weighted by Gasteiger charge is -2.19. The summed E-state index contributed by atoms with van der Waals surface area (Å²) in [6, 6.07) is 0. The quantitative estimate of drug-likeness (QED) is 0.390. The molecule has 1 aliphatic rings. The molecule has 0 saturated carbocycles. The fraction of sp³-hybridized carbons (Fsp3) is 1.00. The third kappa shape index (κ3) is 17.7. The molecule has 0 aromatic heterocycles. The zero-order valence-electron chi connectivity index (χ0n) is 18.1. The van der Waals surface area contributed by atoms with Gasteiger partial charge in [0.15, 0.2) is 0 Å². The minimum absolute atomic E-state index is 0.316. The van der Waals surface area contributed by atoms with Crippen LogP contribution in [0.15, 0.2) is 0 Å². The van der Waals surface area contributed by atoms with Gasteiger partial charge in [0.05, 0.1) is 32.5 Å². The Hall–Kier alpha value is -0.160. The van der Waals surface area contributed by atoms with E-state index in [2.05, 4.69) is 6.92 Å². The highest BCUT2D eigenvalue weighted by molar-refractivity contribution is 4.60. The van der Waals surface area contributed by atoms with Crippen molar-refractivity contribution in [2.75, 3.05) is 46.2 Å². The van der Waals surface area contributed by atoms with Gasteiger partial charge in [-0.2, -0.15) is 0 Å². The van der Waals surface area contributed by atoms with Gasteiger partial charge in [-0.15, -0.1) is 0 Å². The Morgan fingerprint density at radius 3 is 1.70 bits per heavy atom. The van der Waals surface area contributed by atoms with Gasteiger partial charge in [-0.25, -0.2) is 0 Å². The Balaban J connectivity index is 1.99. The Morgan fingerprint density at radius 2 is 1.07 bits per heavy atom. The highest BCUT2D eigenvalue weighted by Crippen LogP contribution is 2.15. The Labute approximate surface area is 168 Å². The average Bonchev–Trinajstić information content (AvgIpc) is 2.68. The molecule has 0 aromatic carbocycles. The molecule has 0 N–H and O–H groups in total. The topological polar surface area (TPSA) is 36.9 Å². The minimum atomic E-state index is 0.316. The van der Waals surface area contributed by atoms with Crippen LogP contribution in [0.1, 0.15) is 96.8 Å². The van der Waals surface area contributed by atoms with Crippen molar-refractivity contribution in [2.45, 2.75) is 103 Å². The first-order chi connectivity index (χ1) is 13.4. The van der Waals surface area contributed by atoms with Gasteiger partial charge >= 0.3 is 0 Å². The van der Waals surface area contributed by atoms with Crippen molar-refractivity contribution in [3.05, 3.63) is 0 Å². The van der Waals surface area contributed by atoms with Crippen LogP contribution in [0.25, 0.3) is 0 Å². The standard InChI is InChI=1S/C23H46O4/c1-2-3-4-5-6-7-8-9-10-11-12-14-23-15-18-26-20-19-24-16-13-17-25-21-22-27-23/h23H,2-22H2,1H3. The summed E-state index contributed by atoms with van der Waals surface area (Å²) >= 11 is 0. The summed E-state index contributed by atoms with van der Waals surface area (Å²) in [7, 11) is 0. The van der Waals surface area contributed by atoms with Crippen molar-refractivity contribution in [3.8, 4) is 0 Å². The van der Waals surface area contributed by atoms with Crippen LogP contribution in [0.2, 0.25) is 0 Å². The van der Waals surface area contributed by atoms with Crippen molar-refractivity contribution in [2.24, 2.45) is 0 Å². The molecule has 1 saturated heterocycles. The Bertz CT molecular complexity index is 272. The second-order valence-corrected chi connectivity index (χ2v) is 7.80. The van der Waals surface area contributed by atoms with E-state index in [1.165, 1.54) is 70.6 Å². The van der Waals surface area contributed by atoms with Crippen LogP contribution in [-0.2, 0) is 18.9 Å². The third-order valence-corrected chi connectivity index (χ3v) is 5.24. The molecule has 0 aromatic rings. The maximum absolute atomic E-state index is 6.04. The largest absolute Gasteiger partial charge is 0.379 e. The van der Waals surface area contributed by atoms with Gasteiger partial charge in [-0.05, 0) is 19.3 Å². The molecule has 162 valence electrons. The van der Waals surface area contributed by atoms with Crippen molar-refractivity contribution in [3.63, 3.8) is 0 Å². The maximum Gasteiger partial charge on any atom is 0.0704 e. The van der Waals surface area contributed by atoms with Crippen molar-refractivity contribution >= 4 is 0 Å². The molecule has 0 spiro atoms. The van der Waals surface area contributed by atoms with Gasteiger partial charge in [-0.1, -0.05) is 77.6 Å². The van der Waals surface area contributed by atoms with Crippen LogP contribution in [0, 0.1) is 0 Å². The van der Waals surface area contributed by atoms with E-state index in [1.807, 2.05) is 0 Å². The molecular weight excluding hydrogens is 340 g/mol. The normalized spacial score (nSPS) is 21.0. The van der Waals surface area contributed by atoms with Gasteiger partial charge in [-0.3, -0.25) is 0 Å². The van der Waals surface area contributed by atoms with Crippen molar-refractivity contribution < 1.29 is 18.9 Å². The molecule has 1 aliphatic heterocycles. The van der Waals surface area contributed by atoms with Crippen LogP contribution >= 0.6 is 0 Å². The highest BCUT2D eigenvalue weighted by Gasteiger charge is 2.09. The molecule has 0 bridgehead atoms. The van der Waals surface area contributed by atoms with E-state index in [1.54, 1.807) is 0 Å². The van der Waals surface area contributed by atoms with E-state index in [0.29, 0.717) is 32.5 Å². The molecule has 0 radical (unpaired) electrons. The van der Waals surface area contributed by atoms with E-state index in [4.69, 9.17) is 18.9 Å². The lowest BCUT2D eigenvalue weighted by atomic mass is 10.0. The summed E-state index contributed by atoms with van der Waals surface area (Å²) in [4.78, 5) is 0. The van der Waals surface area contributed by atoms with Crippen LogP contribution in [-0.4, -0.2) is 52.4 Å². The monoisotopic (exact) mass is 386 g/mol. The van der Waals surface area contributed by atoms with E-state index < -0.39 is 0 Å². The molecule has 1 heterocycles. The average molecular weight is 387 g/mol. The maximum atomic E-state index is 6.04. The fourth-order valence-corrected chi connectivity index (χ4v) is 3.52. The first-order valence-electron chi connectivity index (χ1n) is 11.8. The molecule has 0 aliphatic carbocycles. The fourth-order valence-electron chi connectivity index (χ4n) is 3.52. The van der Waals surface area contributed by atoms with Crippen LogP contribution in [0.5, 0.6) is 0 Å². The van der Waals surface area contributed by atoms with E-state index in [9.17, 15) is 0 Å². The van der Waals surface area contributed by atoms with E-state index in [-0.39, 0.29) is 0 Å². The summed E-state index contributed by atoms with van der Waals surface area (Å²) in [6.45, 7) is 7.33.